The van der Waals surface area contributed by atoms with E-state index in [1.54, 1.807) is 12.0 Å². The van der Waals surface area contributed by atoms with Crippen molar-refractivity contribution in [1.82, 2.24) is 4.90 Å². The predicted octanol–water partition coefficient (Wildman–Crippen LogP) is 2.08. The number of ether oxygens (including phenoxy) is 2. The molecule has 22 heavy (non-hydrogen) atoms. The molecule has 0 spiro atoms. The standard InChI is InChI=1S/C16H24N2O3.ClH/c1-18(16(19)14-4-3-5-15(14)17)10-11-21-13-8-6-12(20-2)7-9-13;/h6-9,14-15H,3-5,10-11,17H2,1-2H3;1H. The van der Waals surface area contributed by atoms with Crippen molar-refractivity contribution in [2.75, 3.05) is 27.3 Å². The highest BCUT2D eigenvalue weighted by molar-refractivity contribution is 5.85. The molecule has 5 nitrogen and oxygen atoms in total. The second kappa shape index (κ2) is 8.86. The van der Waals surface area contributed by atoms with Gasteiger partial charge in [0.25, 0.3) is 0 Å². The maximum Gasteiger partial charge on any atom is 0.227 e. The van der Waals surface area contributed by atoms with Crippen molar-refractivity contribution in [1.29, 1.82) is 0 Å². The minimum absolute atomic E-state index is 0. The lowest BCUT2D eigenvalue weighted by molar-refractivity contribution is -0.134. The number of amides is 1. The van der Waals surface area contributed by atoms with Gasteiger partial charge in [0.2, 0.25) is 5.91 Å². The molecule has 1 aromatic rings. The van der Waals surface area contributed by atoms with Crippen molar-refractivity contribution in [2.24, 2.45) is 11.7 Å². The van der Waals surface area contributed by atoms with Crippen LogP contribution >= 0.6 is 12.4 Å². The van der Waals surface area contributed by atoms with E-state index in [4.69, 9.17) is 15.2 Å². The Morgan fingerprint density at radius 2 is 1.91 bits per heavy atom. The summed E-state index contributed by atoms with van der Waals surface area (Å²) in [6.45, 7) is 1.03. The van der Waals surface area contributed by atoms with Gasteiger partial charge in [-0.25, -0.2) is 0 Å². The van der Waals surface area contributed by atoms with Crippen LogP contribution in [0.3, 0.4) is 0 Å². The molecule has 1 aliphatic rings. The van der Waals surface area contributed by atoms with Gasteiger partial charge in [0.05, 0.1) is 19.6 Å². The van der Waals surface area contributed by atoms with Crippen molar-refractivity contribution in [3.05, 3.63) is 24.3 Å². The molecule has 0 bridgehead atoms. The first-order valence-corrected chi connectivity index (χ1v) is 7.39. The van der Waals surface area contributed by atoms with E-state index in [2.05, 4.69) is 0 Å². The van der Waals surface area contributed by atoms with Gasteiger partial charge in [-0.05, 0) is 37.1 Å². The number of rotatable bonds is 6. The molecule has 1 fully saturated rings. The topological polar surface area (TPSA) is 64.8 Å². The first-order chi connectivity index (χ1) is 10.1. The molecular weight excluding hydrogens is 304 g/mol. The van der Waals surface area contributed by atoms with E-state index in [9.17, 15) is 4.79 Å². The lowest BCUT2D eigenvalue weighted by Crippen LogP contribution is -2.41. The van der Waals surface area contributed by atoms with Crippen LogP contribution in [0.25, 0.3) is 0 Å². The molecule has 0 aliphatic heterocycles. The highest BCUT2D eigenvalue weighted by Crippen LogP contribution is 2.25. The number of carbonyl (C=O) groups excluding carboxylic acids is 1. The van der Waals surface area contributed by atoms with Crippen molar-refractivity contribution in [3.8, 4) is 11.5 Å². The number of nitrogens with zero attached hydrogens (tertiary/aromatic N) is 1. The Morgan fingerprint density at radius 1 is 1.27 bits per heavy atom. The van der Waals surface area contributed by atoms with Crippen LogP contribution in [-0.2, 0) is 4.79 Å². The first kappa shape index (κ1) is 18.6. The van der Waals surface area contributed by atoms with Crippen LogP contribution in [0.4, 0.5) is 0 Å². The van der Waals surface area contributed by atoms with Crippen LogP contribution in [0, 0.1) is 5.92 Å². The van der Waals surface area contributed by atoms with E-state index in [1.807, 2.05) is 31.3 Å². The molecule has 1 aromatic carbocycles. The number of hydrogen-bond acceptors (Lipinski definition) is 4. The summed E-state index contributed by atoms with van der Waals surface area (Å²) in [6, 6.07) is 7.42. The first-order valence-electron chi connectivity index (χ1n) is 7.39. The van der Waals surface area contributed by atoms with Gasteiger partial charge in [0, 0.05) is 13.1 Å². The highest BCUT2D eigenvalue weighted by Gasteiger charge is 2.31. The summed E-state index contributed by atoms with van der Waals surface area (Å²) in [4.78, 5) is 14.0. The molecular formula is C16H25ClN2O3. The lowest BCUT2D eigenvalue weighted by Gasteiger charge is -2.23. The third-order valence-electron chi connectivity index (χ3n) is 4.02. The third-order valence-corrected chi connectivity index (χ3v) is 4.02. The zero-order chi connectivity index (χ0) is 15.2. The highest BCUT2D eigenvalue weighted by atomic mass is 35.5. The van der Waals surface area contributed by atoms with Crippen molar-refractivity contribution in [3.63, 3.8) is 0 Å². The molecule has 0 aromatic heterocycles. The summed E-state index contributed by atoms with van der Waals surface area (Å²) in [6.07, 6.45) is 2.91. The van der Waals surface area contributed by atoms with Gasteiger partial charge in [-0.2, -0.15) is 0 Å². The molecule has 124 valence electrons. The van der Waals surface area contributed by atoms with Crippen LogP contribution in [-0.4, -0.2) is 44.2 Å². The summed E-state index contributed by atoms with van der Waals surface area (Å²) in [5.74, 6) is 1.69. The largest absolute Gasteiger partial charge is 0.497 e. The Balaban J connectivity index is 0.00000242. The number of carbonyl (C=O) groups is 1. The molecule has 0 saturated heterocycles. The third kappa shape index (κ3) is 4.78. The molecule has 0 radical (unpaired) electrons. The average Bonchev–Trinajstić information content (AvgIpc) is 2.93. The fourth-order valence-electron chi connectivity index (χ4n) is 2.66. The number of likely N-dealkylation sites (N-methyl/N-ethyl adjacent to an activating group) is 1. The van der Waals surface area contributed by atoms with Crippen molar-refractivity contribution < 1.29 is 14.3 Å². The zero-order valence-corrected chi connectivity index (χ0v) is 14.0. The average molecular weight is 329 g/mol. The summed E-state index contributed by atoms with van der Waals surface area (Å²) in [7, 11) is 3.44. The SMILES string of the molecule is COc1ccc(OCCN(C)C(=O)C2CCCC2N)cc1.Cl. The van der Waals surface area contributed by atoms with E-state index in [1.165, 1.54) is 0 Å². The smallest absolute Gasteiger partial charge is 0.227 e. The number of nitrogens with two attached hydrogens (primary N) is 1. The van der Waals surface area contributed by atoms with E-state index < -0.39 is 0 Å². The number of halogens is 1. The van der Waals surface area contributed by atoms with Crippen LogP contribution in [0.15, 0.2) is 24.3 Å². The second-order valence-electron chi connectivity index (χ2n) is 5.49. The van der Waals surface area contributed by atoms with Gasteiger partial charge in [0.1, 0.15) is 18.1 Å². The maximum atomic E-state index is 12.3. The maximum absolute atomic E-state index is 12.3. The molecule has 1 aliphatic carbocycles. The Labute approximate surface area is 138 Å². The normalized spacial score (nSPS) is 20.1. The van der Waals surface area contributed by atoms with Crippen LogP contribution in [0.1, 0.15) is 19.3 Å². The van der Waals surface area contributed by atoms with Crippen LogP contribution in [0.5, 0.6) is 11.5 Å². The van der Waals surface area contributed by atoms with E-state index in [0.717, 1.165) is 30.8 Å². The zero-order valence-electron chi connectivity index (χ0n) is 13.2. The fourth-order valence-corrected chi connectivity index (χ4v) is 2.66. The van der Waals surface area contributed by atoms with Gasteiger partial charge in [-0.1, -0.05) is 6.42 Å². The molecule has 2 unspecified atom stereocenters. The molecule has 0 heterocycles. The van der Waals surface area contributed by atoms with Crippen LogP contribution < -0.4 is 15.2 Å². The fraction of sp³-hybridized carbons (Fsp3) is 0.562. The van der Waals surface area contributed by atoms with Crippen molar-refractivity contribution >= 4 is 18.3 Å². The monoisotopic (exact) mass is 328 g/mol. The molecule has 2 N–H and O–H groups in total. The van der Waals surface area contributed by atoms with Gasteiger partial charge in [-0.3, -0.25) is 4.79 Å². The second-order valence-corrected chi connectivity index (χ2v) is 5.49. The van der Waals surface area contributed by atoms with Gasteiger partial charge < -0.3 is 20.1 Å². The Kier molecular flexibility index (Phi) is 7.48. The number of methoxy groups -OCH3 is 1. The minimum atomic E-state index is -0.0176. The molecule has 2 atom stereocenters. The Hall–Kier alpha value is -1.46. The van der Waals surface area contributed by atoms with Gasteiger partial charge in [0.15, 0.2) is 0 Å². The number of benzene rings is 1. The van der Waals surface area contributed by atoms with E-state index in [-0.39, 0.29) is 30.3 Å². The summed E-state index contributed by atoms with van der Waals surface area (Å²) >= 11 is 0. The Morgan fingerprint density at radius 3 is 2.45 bits per heavy atom. The molecule has 2 rings (SSSR count). The molecule has 1 amide bonds. The van der Waals surface area contributed by atoms with E-state index in [0.29, 0.717) is 13.2 Å². The molecule has 1 saturated carbocycles. The van der Waals surface area contributed by atoms with Crippen molar-refractivity contribution in [2.45, 2.75) is 25.3 Å². The molecule has 6 heteroatoms. The van der Waals surface area contributed by atoms with E-state index >= 15 is 0 Å². The minimum Gasteiger partial charge on any atom is -0.497 e. The lowest BCUT2D eigenvalue weighted by atomic mass is 10.0. The van der Waals surface area contributed by atoms with Gasteiger partial charge >= 0.3 is 0 Å². The summed E-state index contributed by atoms with van der Waals surface area (Å²) < 4.78 is 10.7. The predicted molar refractivity (Wildman–Crippen MR) is 88.7 cm³/mol. The quantitative estimate of drug-likeness (QED) is 0.868. The van der Waals surface area contributed by atoms with Gasteiger partial charge in [-0.15, -0.1) is 12.4 Å². The summed E-state index contributed by atoms with van der Waals surface area (Å²) in [5.41, 5.74) is 5.97. The number of hydrogen-bond donors (Lipinski definition) is 1. The summed E-state index contributed by atoms with van der Waals surface area (Å²) in [5, 5.41) is 0. The Bertz CT molecular complexity index is 467. The van der Waals surface area contributed by atoms with Crippen LogP contribution in [0.2, 0.25) is 0 Å².